The minimum Gasteiger partial charge on any atom is -0.491 e. The molecule has 0 spiro atoms. The van der Waals surface area contributed by atoms with Gasteiger partial charge in [0.05, 0.1) is 17.9 Å². The maximum atomic E-state index is 12.4. The van der Waals surface area contributed by atoms with E-state index in [2.05, 4.69) is 12.2 Å². The second-order valence-electron chi connectivity index (χ2n) is 5.59. The SMILES string of the molecule is CCOc1c(N)cccc1C(=O)NC1CCC(C)CC1. The maximum Gasteiger partial charge on any atom is 0.255 e. The van der Waals surface area contributed by atoms with E-state index in [9.17, 15) is 4.79 Å². The lowest BCUT2D eigenvalue weighted by molar-refractivity contribution is 0.0919. The van der Waals surface area contributed by atoms with Crippen molar-refractivity contribution in [2.24, 2.45) is 5.92 Å². The topological polar surface area (TPSA) is 64.3 Å². The van der Waals surface area contributed by atoms with Gasteiger partial charge in [-0.25, -0.2) is 0 Å². The molecule has 1 fully saturated rings. The van der Waals surface area contributed by atoms with E-state index >= 15 is 0 Å². The van der Waals surface area contributed by atoms with Crippen molar-refractivity contribution in [2.45, 2.75) is 45.6 Å². The molecule has 110 valence electrons. The lowest BCUT2D eigenvalue weighted by Crippen LogP contribution is -2.37. The molecule has 1 amide bonds. The number of nitrogens with one attached hydrogen (secondary N) is 1. The van der Waals surface area contributed by atoms with Gasteiger partial charge in [0.15, 0.2) is 5.75 Å². The van der Waals surface area contributed by atoms with Gasteiger partial charge in [0.25, 0.3) is 5.91 Å². The molecule has 1 aromatic rings. The number of nitrogen functional groups attached to an aromatic ring is 1. The van der Waals surface area contributed by atoms with Crippen molar-refractivity contribution in [2.75, 3.05) is 12.3 Å². The highest BCUT2D eigenvalue weighted by Crippen LogP contribution is 2.28. The van der Waals surface area contributed by atoms with E-state index in [-0.39, 0.29) is 11.9 Å². The van der Waals surface area contributed by atoms with Crippen LogP contribution in [-0.2, 0) is 0 Å². The van der Waals surface area contributed by atoms with Crippen LogP contribution in [0.15, 0.2) is 18.2 Å². The van der Waals surface area contributed by atoms with Crippen LogP contribution in [0.2, 0.25) is 0 Å². The van der Waals surface area contributed by atoms with Crippen molar-refractivity contribution >= 4 is 11.6 Å². The third-order valence-corrected chi connectivity index (χ3v) is 3.93. The van der Waals surface area contributed by atoms with Gasteiger partial charge in [-0.05, 0) is 50.7 Å². The van der Waals surface area contributed by atoms with Crippen LogP contribution in [0, 0.1) is 5.92 Å². The van der Waals surface area contributed by atoms with Crippen LogP contribution in [0.4, 0.5) is 5.69 Å². The smallest absolute Gasteiger partial charge is 0.255 e. The highest BCUT2D eigenvalue weighted by Gasteiger charge is 2.22. The molecular formula is C16H24N2O2. The van der Waals surface area contributed by atoms with Gasteiger partial charge in [0.1, 0.15) is 0 Å². The average molecular weight is 276 g/mol. The van der Waals surface area contributed by atoms with E-state index in [1.54, 1.807) is 18.2 Å². The van der Waals surface area contributed by atoms with Crippen molar-refractivity contribution in [1.29, 1.82) is 0 Å². The summed E-state index contributed by atoms with van der Waals surface area (Å²) >= 11 is 0. The molecule has 1 saturated carbocycles. The Morgan fingerprint density at radius 2 is 2.05 bits per heavy atom. The predicted molar refractivity (Wildman–Crippen MR) is 80.9 cm³/mol. The first-order valence-electron chi connectivity index (χ1n) is 7.44. The first-order chi connectivity index (χ1) is 9.61. The van der Waals surface area contributed by atoms with E-state index in [4.69, 9.17) is 10.5 Å². The summed E-state index contributed by atoms with van der Waals surface area (Å²) in [6.45, 7) is 4.65. The summed E-state index contributed by atoms with van der Waals surface area (Å²) in [6.07, 6.45) is 4.47. The number of hydrogen-bond donors (Lipinski definition) is 2. The zero-order valence-corrected chi connectivity index (χ0v) is 12.3. The van der Waals surface area contributed by atoms with Crippen LogP contribution in [0.25, 0.3) is 0 Å². The number of amides is 1. The molecule has 1 aromatic carbocycles. The van der Waals surface area contributed by atoms with Crippen molar-refractivity contribution in [3.63, 3.8) is 0 Å². The molecule has 2 rings (SSSR count). The van der Waals surface area contributed by atoms with Gasteiger partial charge in [0.2, 0.25) is 0 Å². The highest BCUT2D eigenvalue weighted by atomic mass is 16.5. The van der Waals surface area contributed by atoms with Crippen LogP contribution in [-0.4, -0.2) is 18.6 Å². The second-order valence-corrected chi connectivity index (χ2v) is 5.59. The fourth-order valence-electron chi connectivity index (χ4n) is 2.71. The Hall–Kier alpha value is -1.71. The standard InChI is InChI=1S/C16H24N2O2/c1-3-20-15-13(5-4-6-14(15)17)16(19)18-12-9-7-11(2)8-10-12/h4-6,11-12H,3,7-10,17H2,1-2H3,(H,18,19). The van der Waals surface area contributed by atoms with Crippen molar-refractivity contribution in [3.05, 3.63) is 23.8 Å². The summed E-state index contributed by atoms with van der Waals surface area (Å²) in [4.78, 5) is 12.4. The number of benzene rings is 1. The molecule has 0 bridgehead atoms. The Morgan fingerprint density at radius 3 is 2.70 bits per heavy atom. The van der Waals surface area contributed by atoms with E-state index < -0.39 is 0 Å². The first-order valence-corrected chi connectivity index (χ1v) is 7.44. The molecular weight excluding hydrogens is 252 g/mol. The van der Waals surface area contributed by atoms with Crippen LogP contribution in [0.1, 0.15) is 49.9 Å². The molecule has 0 radical (unpaired) electrons. The van der Waals surface area contributed by atoms with E-state index in [1.807, 2.05) is 6.92 Å². The van der Waals surface area contributed by atoms with Gasteiger partial charge in [0, 0.05) is 6.04 Å². The van der Waals surface area contributed by atoms with Gasteiger partial charge in [-0.15, -0.1) is 0 Å². The number of hydrogen-bond acceptors (Lipinski definition) is 3. The zero-order chi connectivity index (χ0) is 14.5. The number of carbonyl (C=O) groups excluding carboxylic acids is 1. The normalized spacial score (nSPS) is 22.3. The minimum absolute atomic E-state index is 0.0831. The largest absolute Gasteiger partial charge is 0.491 e. The first kappa shape index (κ1) is 14.7. The van der Waals surface area contributed by atoms with Gasteiger partial charge < -0.3 is 15.8 Å². The Balaban J connectivity index is 2.07. The molecule has 3 N–H and O–H groups in total. The Kier molecular flexibility index (Phi) is 4.88. The van der Waals surface area contributed by atoms with Crippen molar-refractivity contribution < 1.29 is 9.53 Å². The molecule has 1 aliphatic carbocycles. The average Bonchev–Trinajstić information content (AvgIpc) is 2.43. The summed E-state index contributed by atoms with van der Waals surface area (Å²) in [5, 5.41) is 3.11. The maximum absolute atomic E-state index is 12.4. The van der Waals surface area contributed by atoms with Gasteiger partial charge in [-0.1, -0.05) is 13.0 Å². The number of nitrogens with two attached hydrogens (primary N) is 1. The summed E-state index contributed by atoms with van der Waals surface area (Å²) in [5.41, 5.74) is 6.94. The molecule has 4 heteroatoms. The number of anilines is 1. The quantitative estimate of drug-likeness (QED) is 0.831. The van der Waals surface area contributed by atoms with Crippen LogP contribution >= 0.6 is 0 Å². The second kappa shape index (κ2) is 6.64. The van der Waals surface area contributed by atoms with Crippen molar-refractivity contribution in [3.8, 4) is 5.75 Å². The number of carbonyl (C=O) groups is 1. The molecule has 4 nitrogen and oxygen atoms in total. The lowest BCUT2D eigenvalue weighted by Gasteiger charge is -2.27. The molecule has 0 atom stereocenters. The lowest BCUT2D eigenvalue weighted by atomic mass is 9.87. The summed E-state index contributed by atoms with van der Waals surface area (Å²) in [5.74, 6) is 1.19. The molecule has 20 heavy (non-hydrogen) atoms. The summed E-state index contributed by atoms with van der Waals surface area (Å²) < 4.78 is 5.51. The van der Waals surface area contributed by atoms with Gasteiger partial charge in [-0.2, -0.15) is 0 Å². The predicted octanol–water partition coefficient (Wildman–Crippen LogP) is 2.98. The zero-order valence-electron chi connectivity index (χ0n) is 12.3. The molecule has 0 heterocycles. The summed E-state index contributed by atoms with van der Waals surface area (Å²) in [7, 11) is 0. The molecule has 0 unspecified atom stereocenters. The fourth-order valence-corrected chi connectivity index (χ4v) is 2.71. The van der Waals surface area contributed by atoms with E-state index in [1.165, 1.54) is 12.8 Å². The monoisotopic (exact) mass is 276 g/mol. The fraction of sp³-hybridized carbons (Fsp3) is 0.562. The minimum atomic E-state index is -0.0831. The van der Waals surface area contributed by atoms with E-state index in [0.717, 1.165) is 18.8 Å². The number of ether oxygens (including phenoxy) is 1. The third kappa shape index (κ3) is 3.44. The Morgan fingerprint density at radius 1 is 1.35 bits per heavy atom. The Bertz CT molecular complexity index is 466. The highest BCUT2D eigenvalue weighted by molar-refractivity contribution is 5.98. The summed E-state index contributed by atoms with van der Waals surface area (Å²) in [6, 6.07) is 5.58. The molecule has 1 aliphatic rings. The molecule has 0 aromatic heterocycles. The van der Waals surface area contributed by atoms with Crippen LogP contribution < -0.4 is 15.8 Å². The molecule has 0 saturated heterocycles. The third-order valence-electron chi connectivity index (χ3n) is 3.93. The van der Waals surface area contributed by atoms with Crippen molar-refractivity contribution in [1.82, 2.24) is 5.32 Å². The molecule has 0 aliphatic heterocycles. The van der Waals surface area contributed by atoms with Crippen LogP contribution in [0.3, 0.4) is 0 Å². The van der Waals surface area contributed by atoms with Crippen LogP contribution in [0.5, 0.6) is 5.75 Å². The van der Waals surface area contributed by atoms with E-state index in [0.29, 0.717) is 23.6 Å². The van der Waals surface area contributed by atoms with Gasteiger partial charge in [-0.3, -0.25) is 4.79 Å². The Labute approximate surface area is 120 Å². The number of para-hydroxylation sites is 1. The number of rotatable bonds is 4. The van der Waals surface area contributed by atoms with Gasteiger partial charge >= 0.3 is 0 Å².